The molecule has 27 heavy (non-hydrogen) atoms. The molecule has 0 fully saturated rings. The van der Waals surface area contributed by atoms with Gasteiger partial charge in [0.1, 0.15) is 0 Å². The van der Waals surface area contributed by atoms with Crippen LogP contribution in [0.15, 0.2) is 16.9 Å². The highest BCUT2D eigenvalue weighted by Crippen LogP contribution is 2.44. The summed E-state index contributed by atoms with van der Waals surface area (Å²) < 4.78 is 45.7. The first-order chi connectivity index (χ1) is 11.8. The largest absolute Gasteiger partial charge is 0.491 e. The van der Waals surface area contributed by atoms with E-state index in [0.717, 1.165) is 16.7 Å². The summed E-state index contributed by atoms with van der Waals surface area (Å²) in [5.74, 6) is -2.24. The van der Waals surface area contributed by atoms with Gasteiger partial charge in [0.25, 0.3) is 8.60 Å². The van der Waals surface area contributed by atoms with Crippen molar-refractivity contribution in [2.24, 2.45) is 4.74 Å². The summed E-state index contributed by atoms with van der Waals surface area (Å²) in [6, 6.07) is 4.10. The van der Waals surface area contributed by atoms with E-state index < -0.39 is 12.1 Å². The van der Waals surface area contributed by atoms with E-state index in [1.165, 1.54) is 0 Å². The third-order valence-corrected chi connectivity index (χ3v) is 4.62. The number of carbonyl (C=O) groups excluding carboxylic acids is 1. The molecular weight excluding hydrogens is 374 g/mol. The lowest BCUT2D eigenvalue weighted by atomic mass is 9.74. The maximum Gasteiger partial charge on any atom is 0.491 e. The number of benzene rings is 1. The smallest absolute Gasteiger partial charge is 0.382 e. The first kappa shape index (κ1) is 23.6. The Hall–Kier alpha value is -1.42. The monoisotopic (exact) mass is 403 g/mol. The summed E-state index contributed by atoms with van der Waals surface area (Å²) in [6.07, 6.45) is -5.03. The Balaban J connectivity index is 3.63. The SMILES string of the molecule is CC(C)(C)c1cc(C(C)(C)C)c(N=POC(=O)C(F)(F)F)c(C(C)(C)C)c1. The Labute approximate surface area is 161 Å². The number of hydrogen-bond donors (Lipinski definition) is 0. The summed E-state index contributed by atoms with van der Waals surface area (Å²) in [6.45, 7) is 18.5. The Bertz CT molecular complexity index is 699. The van der Waals surface area contributed by atoms with Gasteiger partial charge in [0, 0.05) is 0 Å². The van der Waals surface area contributed by atoms with Gasteiger partial charge in [0.15, 0.2) is 0 Å². The first-order valence-corrected chi connectivity index (χ1v) is 9.50. The maximum atomic E-state index is 12.4. The van der Waals surface area contributed by atoms with Crippen molar-refractivity contribution in [3.05, 3.63) is 28.8 Å². The van der Waals surface area contributed by atoms with E-state index in [1.807, 2.05) is 41.5 Å². The topological polar surface area (TPSA) is 38.7 Å². The molecule has 0 atom stereocenters. The summed E-state index contributed by atoms with van der Waals surface area (Å²) in [5.41, 5.74) is 2.86. The van der Waals surface area contributed by atoms with Crippen molar-refractivity contribution in [1.29, 1.82) is 0 Å². The third-order valence-electron chi connectivity index (χ3n) is 4.09. The molecule has 0 saturated heterocycles. The van der Waals surface area contributed by atoms with Crippen LogP contribution in [0.5, 0.6) is 0 Å². The van der Waals surface area contributed by atoms with Crippen LogP contribution in [0.4, 0.5) is 18.9 Å². The second-order valence-electron chi connectivity index (χ2n) is 9.73. The highest BCUT2D eigenvalue weighted by molar-refractivity contribution is 7.21. The standard InChI is InChI=1S/C20H29F3NO2P/c1-17(2,3)12-10-13(18(4,5)6)15(14(11-12)19(7,8)9)24-27-26-16(25)20(21,22)23/h10-11H,1-9H3. The highest BCUT2D eigenvalue weighted by Gasteiger charge is 2.41. The Morgan fingerprint density at radius 1 is 0.852 bits per heavy atom. The predicted octanol–water partition coefficient (Wildman–Crippen LogP) is 7.36. The minimum absolute atomic E-state index is 0.0982. The van der Waals surface area contributed by atoms with Crippen molar-refractivity contribution in [3.8, 4) is 0 Å². The molecule has 152 valence electrons. The zero-order chi connectivity index (χ0) is 21.4. The highest BCUT2D eigenvalue weighted by atomic mass is 31.1. The van der Waals surface area contributed by atoms with Crippen molar-refractivity contribution < 1.29 is 22.5 Å². The first-order valence-electron chi connectivity index (χ1n) is 8.74. The molecule has 0 unspecified atom stereocenters. The maximum absolute atomic E-state index is 12.4. The van der Waals surface area contributed by atoms with E-state index >= 15 is 0 Å². The molecule has 0 aliphatic carbocycles. The molecule has 0 aliphatic heterocycles. The fraction of sp³-hybridized carbons (Fsp3) is 0.650. The van der Waals surface area contributed by atoms with E-state index in [0.29, 0.717) is 5.69 Å². The minimum Gasteiger partial charge on any atom is -0.382 e. The number of nitrogens with zero attached hydrogens (tertiary/aromatic N) is 1. The van der Waals surface area contributed by atoms with E-state index in [1.54, 1.807) is 0 Å². The number of alkyl halides is 3. The molecule has 1 aromatic carbocycles. The lowest BCUT2D eigenvalue weighted by molar-refractivity contribution is -0.188. The zero-order valence-corrected chi connectivity index (χ0v) is 18.4. The van der Waals surface area contributed by atoms with E-state index in [4.69, 9.17) is 0 Å². The van der Waals surface area contributed by atoms with Crippen LogP contribution in [0.25, 0.3) is 0 Å². The van der Waals surface area contributed by atoms with Crippen LogP contribution in [-0.2, 0) is 25.6 Å². The van der Waals surface area contributed by atoms with Crippen molar-refractivity contribution in [3.63, 3.8) is 0 Å². The molecule has 1 aromatic rings. The van der Waals surface area contributed by atoms with Crippen molar-refractivity contribution >= 4 is 20.3 Å². The molecule has 0 N–H and O–H groups in total. The molecule has 0 heterocycles. The quantitative estimate of drug-likeness (QED) is 0.484. The van der Waals surface area contributed by atoms with Crippen molar-refractivity contribution in [2.75, 3.05) is 0 Å². The molecule has 0 spiro atoms. The molecule has 0 amide bonds. The molecule has 1 rings (SSSR count). The number of rotatable bonds is 2. The van der Waals surface area contributed by atoms with E-state index in [9.17, 15) is 18.0 Å². The van der Waals surface area contributed by atoms with Gasteiger partial charge in [-0.2, -0.15) is 17.9 Å². The molecule has 7 heteroatoms. The molecule has 3 nitrogen and oxygen atoms in total. The average molecular weight is 403 g/mol. The molecule has 0 aliphatic rings. The second kappa shape index (κ2) is 7.54. The summed E-state index contributed by atoms with van der Waals surface area (Å²) in [5, 5.41) is 0. The van der Waals surface area contributed by atoms with Crippen LogP contribution in [0, 0.1) is 0 Å². The van der Waals surface area contributed by atoms with E-state index in [2.05, 4.69) is 42.2 Å². The summed E-state index contributed by atoms with van der Waals surface area (Å²) >= 11 is 0. The Kier molecular flexibility index (Phi) is 6.59. The van der Waals surface area contributed by atoms with Gasteiger partial charge in [-0.05, 0) is 32.9 Å². The van der Waals surface area contributed by atoms with E-state index in [-0.39, 0.29) is 24.8 Å². The number of hydrogen-bond acceptors (Lipinski definition) is 3. The molecule has 0 aromatic heterocycles. The van der Waals surface area contributed by atoms with Crippen molar-refractivity contribution in [2.45, 2.75) is 84.7 Å². The molecule has 0 saturated carbocycles. The van der Waals surface area contributed by atoms with Gasteiger partial charge in [-0.3, -0.25) is 0 Å². The molecular formula is C20H29F3NO2P. The van der Waals surface area contributed by atoms with Gasteiger partial charge < -0.3 is 4.52 Å². The molecule has 0 radical (unpaired) electrons. The number of carbonyl (C=O) groups is 1. The third kappa shape index (κ3) is 6.31. The van der Waals surface area contributed by atoms with Gasteiger partial charge in [0.05, 0.1) is 5.69 Å². The fourth-order valence-corrected chi connectivity index (χ4v) is 2.98. The van der Waals surface area contributed by atoms with Crippen LogP contribution >= 0.6 is 8.60 Å². The van der Waals surface area contributed by atoms with Gasteiger partial charge in [0.2, 0.25) is 0 Å². The van der Waals surface area contributed by atoms with Crippen LogP contribution in [0.2, 0.25) is 0 Å². The van der Waals surface area contributed by atoms with Crippen molar-refractivity contribution in [1.82, 2.24) is 0 Å². The van der Waals surface area contributed by atoms with Gasteiger partial charge >= 0.3 is 12.1 Å². The second-order valence-corrected chi connectivity index (χ2v) is 10.3. The lowest BCUT2D eigenvalue weighted by Gasteiger charge is -2.31. The van der Waals surface area contributed by atoms with Gasteiger partial charge in [-0.15, -0.1) is 0 Å². The summed E-state index contributed by atoms with van der Waals surface area (Å²) in [4.78, 5) is 11.0. The van der Waals surface area contributed by atoms with Crippen LogP contribution in [0.3, 0.4) is 0 Å². The molecule has 0 bridgehead atoms. The lowest BCUT2D eigenvalue weighted by Crippen LogP contribution is -2.22. The van der Waals surface area contributed by atoms with Crippen LogP contribution in [0.1, 0.15) is 79.0 Å². The summed E-state index contributed by atoms with van der Waals surface area (Å²) in [7, 11) is -0.388. The predicted molar refractivity (Wildman–Crippen MR) is 104 cm³/mol. The normalized spacial score (nSPS) is 13.9. The van der Waals surface area contributed by atoms with Crippen LogP contribution < -0.4 is 0 Å². The fourth-order valence-electron chi connectivity index (χ4n) is 2.47. The van der Waals surface area contributed by atoms with Gasteiger partial charge in [-0.25, -0.2) is 4.79 Å². The van der Waals surface area contributed by atoms with Crippen LogP contribution in [-0.4, -0.2) is 12.1 Å². The Morgan fingerprint density at radius 2 is 1.26 bits per heavy atom. The zero-order valence-electron chi connectivity index (χ0n) is 17.5. The average Bonchev–Trinajstić information content (AvgIpc) is 2.42. The minimum atomic E-state index is -5.03. The van der Waals surface area contributed by atoms with Gasteiger partial charge in [-0.1, -0.05) is 74.4 Å². The Morgan fingerprint density at radius 3 is 1.56 bits per heavy atom. The number of halogens is 3.